The molecule has 3 heteroatoms. The summed E-state index contributed by atoms with van der Waals surface area (Å²) >= 11 is 2.25. The van der Waals surface area contributed by atoms with Crippen molar-refractivity contribution in [1.82, 2.24) is 0 Å². The normalized spacial score (nSPS) is 41.0. The number of phenols is 1. The zero-order valence-electron chi connectivity index (χ0n) is 14.3. The van der Waals surface area contributed by atoms with Crippen LogP contribution in [0.2, 0.25) is 0 Å². The molecule has 1 aromatic rings. The van der Waals surface area contributed by atoms with Gasteiger partial charge in [-0.15, -0.1) is 0 Å². The first kappa shape index (κ1) is 16.9. The zero-order valence-corrected chi connectivity index (χ0v) is 16.5. The van der Waals surface area contributed by atoms with Crippen LogP contribution in [0.5, 0.6) is 5.75 Å². The van der Waals surface area contributed by atoms with Gasteiger partial charge in [0, 0.05) is 5.41 Å². The fourth-order valence-corrected chi connectivity index (χ4v) is 7.13. The molecule has 0 radical (unpaired) electrons. The minimum atomic E-state index is -0.617. The maximum atomic E-state index is 11.4. The van der Waals surface area contributed by atoms with Crippen molar-refractivity contribution in [2.45, 2.75) is 63.4 Å². The molecule has 0 bridgehead atoms. The lowest BCUT2D eigenvalue weighted by molar-refractivity contribution is -0.0857. The fourth-order valence-electron chi connectivity index (χ4n) is 6.53. The van der Waals surface area contributed by atoms with Crippen LogP contribution in [0.25, 0.3) is 0 Å². The SMILES string of the molecule is CC[C@]12CC[C@@H]3c4ccc(O)cc4CC[C@H]3[C@@H]1CC[C@@]2(O)/C=C\[125I]. The summed E-state index contributed by atoms with van der Waals surface area (Å²) in [5.74, 6) is 2.33. The topological polar surface area (TPSA) is 40.5 Å². The van der Waals surface area contributed by atoms with Gasteiger partial charge >= 0.3 is 0 Å². The van der Waals surface area contributed by atoms with E-state index in [1.165, 1.54) is 24.0 Å². The van der Waals surface area contributed by atoms with Crippen LogP contribution in [0.15, 0.2) is 28.4 Å². The Bertz CT molecular complexity index is 670. The maximum absolute atomic E-state index is 11.4. The number of rotatable bonds is 2. The van der Waals surface area contributed by atoms with Crippen LogP contribution in [0.4, 0.5) is 0 Å². The Kier molecular flexibility index (Phi) is 4.23. The molecule has 5 atom stereocenters. The van der Waals surface area contributed by atoms with E-state index in [4.69, 9.17) is 0 Å². The fraction of sp³-hybridized carbons (Fsp3) is 0.619. The summed E-state index contributed by atoms with van der Waals surface area (Å²) in [7, 11) is 0. The average molecular weight is 436 g/mol. The van der Waals surface area contributed by atoms with Crippen molar-refractivity contribution < 1.29 is 10.2 Å². The molecule has 0 heterocycles. The van der Waals surface area contributed by atoms with Gasteiger partial charge in [0.25, 0.3) is 0 Å². The lowest BCUT2D eigenvalue weighted by Crippen LogP contribution is -2.51. The van der Waals surface area contributed by atoms with E-state index in [1.54, 1.807) is 0 Å². The van der Waals surface area contributed by atoms with Gasteiger partial charge in [-0.2, -0.15) is 0 Å². The second-order valence-corrected chi connectivity index (χ2v) is 8.82. The van der Waals surface area contributed by atoms with Gasteiger partial charge in [-0.1, -0.05) is 35.6 Å². The highest BCUT2D eigenvalue weighted by molar-refractivity contribution is 14.1. The number of hydrogen-bond acceptors (Lipinski definition) is 2. The van der Waals surface area contributed by atoms with Crippen molar-refractivity contribution in [1.29, 1.82) is 0 Å². The van der Waals surface area contributed by atoms with Gasteiger partial charge in [0.1, 0.15) is 5.75 Å². The molecule has 3 aliphatic carbocycles. The predicted octanol–water partition coefficient (Wildman–Crippen LogP) is 5.32. The third kappa shape index (κ3) is 2.23. The predicted molar refractivity (Wildman–Crippen MR) is 105 cm³/mol. The number of benzene rings is 1. The number of aryl methyl sites for hydroxylation is 1. The molecule has 130 valence electrons. The first-order chi connectivity index (χ1) is 11.5. The largest absolute Gasteiger partial charge is 0.508 e. The summed E-state index contributed by atoms with van der Waals surface area (Å²) in [5.41, 5.74) is 2.26. The highest BCUT2D eigenvalue weighted by Crippen LogP contribution is 2.66. The van der Waals surface area contributed by atoms with Crippen LogP contribution < -0.4 is 0 Å². The van der Waals surface area contributed by atoms with Crippen LogP contribution in [-0.2, 0) is 6.42 Å². The van der Waals surface area contributed by atoms with Gasteiger partial charge in [0.15, 0.2) is 0 Å². The van der Waals surface area contributed by atoms with Crippen molar-refractivity contribution in [3.05, 3.63) is 39.5 Å². The minimum Gasteiger partial charge on any atom is -0.508 e. The van der Waals surface area contributed by atoms with Gasteiger partial charge in [-0.05, 0) is 96.1 Å². The average Bonchev–Trinajstić information content (AvgIpc) is 2.88. The number of aliphatic hydroxyl groups is 1. The Hall–Kier alpha value is -0.550. The van der Waals surface area contributed by atoms with Gasteiger partial charge in [-0.3, -0.25) is 0 Å². The van der Waals surface area contributed by atoms with E-state index >= 15 is 0 Å². The standard InChI is InChI=1S/C21H27IO2/c1-2-20-9-7-17-16-6-4-15(23)13-14(16)3-5-18(17)19(20)8-10-21(20,24)11-12-22/h4,6,11-13,17-19,23-24H,2-3,5,7-10H2,1H3/b12-11-/t17-,18-,19+,20+,21-/m1/s1/i22-2. The van der Waals surface area contributed by atoms with Gasteiger partial charge in [0.2, 0.25) is 0 Å². The quantitative estimate of drug-likeness (QED) is 0.617. The molecule has 0 spiro atoms. The summed E-state index contributed by atoms with van der Waals surface area (Å²) < 4.78 is 2.02. The van der Waals surface area contributed by atoms with E-state index in [1.807, 2.05) is 16.2 Å². The summed E-state index contributed by atoms with van der Waals surface area (Å²) in [6.07, 6.45) is 9.78. The van der Waals surface area contributed by atoms with Crippen molar-refractivity contribution in [2.75, 3.05) is 0 Å². The molecule has 1 aromatic carbocycles. The van der Waals surface area contributed by atoms with Crippen molar-refractivity contribution in [3.63, 3.8) is 0 Å². The van der Waals surface area contributed by atoms with Crippen LogP contribution in [0.1, 0.15) is 62.5 Å². The molecule has 4 rings (SSSR count). The van der Waals surface area contributed by atoms with E-state index in [2.05, 4.69) is 41.7 Å². The monoisotopic (exact) mass is 436 g/mol. The highest BCUT2D eigenvalue weighted by atomic mass is 125. The van der Waals surface area contributed by atoms with E-state index in [9.17, 15) is 10.2 Å². The molecule has 2 saturated carbocycles. The Balaban J connectivity index is 1.72. The van der Waals surface area contributed by atoms with Gasteiger partial charge in [0.05, 0.1) is 5.60 Å². The molecule has 3 aliphatic rings. The lowest BCUT2D eigenvalue weighted by atomic mass is 9.52. The number of halogens is 1. The lowest BCUT2D eigenvalue weighted by Gasteiger charge is -2.54. The Morgan fingerprint density at radius 2 is 2.08 bits per heavy atom. The Morgan fingerprint density at radius 1 is 1.25 bits per heavy atom. The maximum Gasteiger partial charge on any atom is 0.115 e. The molecule has 0 aromatic heterocycles. The number of aromatic hydroxyl groups is 1. The van der Waals surface area contributed by atoms with E-state index < -0.39 is 5.60 Å². The van der Waals surface area contributed by atoms with Crippen molar-refractivity contribution in [2.24, 2.45) is 17.3 Å². The first-order valence-electron chi connectivity index (χ1n) is 9.37. The van der Waals surface area contributed by atoms with Gasteiger partial charge < -0.3 is 10.2 Å². The second-order valence-electron chi connectivity index (χ2n) is 8.10. The highest BCUT2D eigenvalue weighted by Gasteiger charge is 2.61. The molecule has 2 nitrogen and oxygen atoms in total. The summed E-state index contributed by atoms with van der Waals surface area (Å²) in [6, 6.07) is 5.98. The zero-order chi connectivity index (χ0) is 16.9. The number of phenolic OH excluding ortho intramolecular Hbond substituents is 1. The molecule has 0 saturated heterocycles. The van der Waals surface area contributed by atoms with E-state index in [0.29, 0.717) is 23.5 Å². The van der Waals surface area contributed by atoms with Crippen LogP contribution in [-0.4, -0.2) is 15.8 Å². The van der Waals surface area contributed by atoms with Gasteiger partial charge in [-0.25, -0.2) is 0 Å². The minimum absolute atomic E-state index is 0.0598. The summed E-state index contributed by atoms with van der Waals surface area (Å²) in [5, 5.41) is 21.2. The Morgan fingerprint density at radius 3 is 2.83 bits per heavy atom. The van der Waals surface area contributed by atoms with Crippen molar-refractivity contribution >= 4 is 22.6 Å². The molecule has 2 fully saturated rings. The second kappa shape index (κ2) is 6.01. The molecule has 0 aliphatic heterocycles. The van der Waals surface area contributed by atoms with Crippen LogP contribution in [0.3, 0.4) is 0 Å². The summed E-state index contributed by atoms with van der Waals surface area (Å²) in [6.45, 7) is 2.28. The molecule has 0 unspecified atom stereocenters. The molecular weight excluding hydrogens is 409 g/mol. The number of fused-ring (bicyclic) bond motifs is 5. The smallest absolute Gasteiger partial charge is 0.115 e. The third-order valence-electron chi connectivity index (χ3n) is 7.59. The summed E-state index contributed by atoms with van der Waals surface area (Å²) in [4.78, 5) is 0. The first-order valence-corrected chi connectivity index (χ1v) is 10.6. The van der Waals surface area contributed by atoms with Crippen molar-refractivity contribution in [3.8, 4) is 5.75 Å². The molecule has 0 amide bonds. The molecule has 2 N–H and O–H groups in total. The Labute approximate surface area is 158 Å². The van der Waals surface area contributed by atoms with Crippen LogP contribution in [0, 0.1) is 17.3 Å². The third-order valence-corrected chi connectivity index (χ3v) is 7.95. The molecular formula is C21H27IO2. The van der Waals surface area contributed by atoms with E-state index in [0.717, 1.165) is 32.1 Å². The van der Waals surface area contributed by atoms with E-state index in [-0.39, 0.29) is 5.41 Å². The molecule has 24 heavy (non-hydrogen) atoms. The van der Waals surface area contributed by atoms with Crippen LogP contribution >= 0.6 is 22.6 Å². The number of hydrogen-bond donors (Lipinski definition) is 2.